The van der Waals surface area contributed by atoms with Gasteiger partial charge in [-0.3, -0.25) is 9.59 Å². The summed E-state index contributed by atoms with van der Waals surface area (Å²) in [6.45, 7) is 6.31. The minimum absolute atomic E-state index is 0.222. The molecule has 0 saturated heterocycles. The van der Waals surface area contributed by atoms with Crippen LogP contribution in [0.1, 0.15) is 35.6 Å². The zero-order chi connectivity index (χ0) is 21.7. The second-order valence-electron chi connectivity index (χ2n) is 6.31. The number of carbonyl (C=O) groups is 3. The lowest BCUT2D eigenvalue weighted by atomic mass is 10.2. The Kier molecular flexibility index (Phi) is 7.08. The summed E-state index contributed by atoms with van der Waals surface area (Å²) >= 11 is 0. The molecule has 0 bridgehead atoms. The van der Waals surface area contributed by atoms with Crippen LogP contribution in [-0.2, 0) is 25.6 Å². The number of nitrogens with one attached hydrogen (secondary N) is 1. The first-order chi connectivity index (χ1) is 13.6. The molecule has 1 aromatic heterocycles. The van der Waals surface area contributed by atoms with Gasteiger partial charge in [0.1, 0.15) is 23.9 Å². The van der Waals surface area contributed by atoms with Gasteiger partial charge >= 0.3 is 11.9 Å². The van der Waals surface area contributed by atoms with Gasteiger partial charge in [0, 0.05) is 11.4 Å². The molecule has 156 valence electrons. The summed E-state index contributed by atoms with van der Waals surface area (Å²) in [5, 5.41) is 2.07. The van der Waals surface area contributed by atoms with Crippen LogP contribution in [0.3, 0.4) is 0 Å². The summed E-state index contributed by atoms with van der Waals surface area (Å²) in [6, 6.07) is 4.75. The number of rotatable bonds is 7. The van der Waals surface area contributed by atoms with Crippen molar-refractivity contribution in [1.82, 2.24) is 4.57 Å². The van der Waals surface area contributed by atoms with Crippen LogP contribution in [0.4, 0.5) is 14.5 Å². The van der Waals surface area contributed by atoms with Gasteiger partial charge in [0.25, 0.3) is 5.91 Å². The SMILES string of the molecule is CCOC(=O)c1cc(C)n(CC(=O)OC(C)C(=O)Nc2c(F)cccc2F)c1C. The van der Waals surface area contributed by atoms with E-state index in [0.717, 1.165) is 18.2 Å². The number of esters is 2. The van der Waals surface area contributed by atoms with E-state index < -0.39 is 41.3 Å². The van der Waals surface area contributed by atoms with Crippen LogP contribution >= 0.6 is 0 Å². The van der Waals surface area contributed by atoms with Crippen LogP contribution in [0, 0.1) is 25.5 Å². The molecule has 1 N–H and O–H groups in total. The fraction of sp³-hybridized carbons (Fsp3) is 0.350. The normalized spacial score (nSPS) is 11.7. The lowest BCUT2D eigenvalue weighted by molar-refractivity contribution is -0.153. The smallest absolute Gasteiger partial charge is 0.339 e. The molecule has 1 amide bonds. The van der Waals surface area contributed by atoms with Crippen LogP contribution in [0.15, 0.2) is 24.3 Å². The number of amides is 1. The molecule has 1 unspecified atom stereocenters. The van der Waals surface area contributed by atoms with Gasteiger partial charge in [-0.2, -0.15) is 0 Å². The first kappa shape index (κ1) is 22.1. The summed E-state index contributed by atoms with van der Waals surface area (Å²) in [4.78, 5) is 36.3. The van der Waals surface area contributed by atoms with Crippen molar-refractivity contribution in [3.63, 3.8) is 0 Å². The fourth-order valence-corrected chi connectivity index (χ4v) is 2.72. The van der Waals surface area contributed by atoms with Crippen molar-refractivity contribution in [2.45, 2.75) is 40.3 Å². The number of para-hydroxylation sites is 1. The molecule has 0 aliphatic carbocycles. The highest BCUT2D eigenvalue weighted by atomic mass is 19.1. The van der Waals surface area contributed by atoms with Crippen molar-refractivity contribution in [2.75, 3.05) is 11.9 Å². The molecule has 9 heteroatoms. The summed E-state index contributed by atoms with van der Waals surface area (Å²) in [5.74, 6) is -4.02. The number of halogens is 2. The third-order valence-corrected chi connectivity index (χ3v) is 4.24. The highest BCUT2D eigenvalue weighted by molar-refractivity contribution is 5.95. The van der Waals surface area contributed by atoms with Crippen LogP contribution in [0.25, 0.3) is 0 Å². The molecule has 1 heterocycles. The van der Waals surface area contributed by atoms with Gasteiger partial charge < -0.3 is 19.4 Å². The Morgan fingerprint density at radius 3 is 2.38 bits per heavy atom. The van der Waals surface area contributed by atoms with Gasteiger partial charge in [0.15, 0.2) is 6.10 Å². The molecule has 2 rings (SSSR count). The Labute approximate surface area is 166 Å². The largest absolute Gasteiger partial charge is 0.462 e. The third-order valence-electron chi connectivity index (χ3n) is 4.24. The molecule has 0 spiro atoms. The zero-order valence-electron chi connectivity index (χ0n) is 16.5. The van der Waals surface area contributed by atoms with Crippen molar-refractivity contribution in [3.05, 3.63) is 52.9 Å². The predicted octanol–water partition coefficient (Wildman–Crippen LogP) is 3.13. The molecule has 1 aromatic carbocycles. The van der Waals surface area contributed by atoms with Crippen LogP contribution in [0.2, 0.25) is 0 Å². The van der Waals surface area contributed by atoms with E-state index in [1.54, 1.807) is 31.4 Å². The lowest BCUT2D eigenvalue weighted by Gasteiger charge is -2.15. The quantitative estimate of drug-likeness (QED) is 0.712. The average molecular weight is 408 g/mol. The van der Waals surface area contributed by atoms with Gasteiger partial charge in [0.05, 0.1) is 12.2 Å². The molecule has 0 radical (unpaired) electrons. The van der Waals surface area contributed by atoms with E-state index in [2.05, 4.69) is 5.32 Å². The molecule has 0 saturated carbocycles. The van der Waals surface area contributed by atoms with E-state index in [0.29, 0.717) is 17.0 Å². The molecule has 2 aromatic rings. The maximum Gasteiger partial charge on any atom is 0.339 e. The monoisotopic (exact) mass is 408 g/mol. The van der Waals surface area contributed by atoms with Crippen molar-refractivity contribution in [3.8, 4) is 0 Å². The first-order valence-electron chi connectivity index (χ1n) is 8.93. The molecular formula is C20H22F2N2O5. The van der Waals surface area contributed by atoms with Gasteiger partial charge in [0.2, 0.25) is 0 Å². The maximum atomic E-state index is 13.6. The highest BCUT2D eigenvalue weighted by Crippen LogP contribution is 2.19. The predicted molar refractivity (Wildman–Crippen MR) is 100 cm³/mol. The molecule has 0 aliphatic rings. The molecule has 0 fully saturated rings. The van der Waals surface area contributed by atoms with E-state index in [1.807, 2.05) is 0 Å². The van der Waals surface area contributed by atoms with E-state index in [1.165, 1.54) is 6.92 Å². The third kappa shape index (κ3) is 5.18. The van der Waals surface area contributed by atoms with Crippen molar-refractivity contribution in [2.24, 2.45) is 0 Å². The Bertz CT molecular complexity index is 919. The van der Waals surface area contributed by atoms with Gasteiger partial charge in [-0.1, -0.05) is 6.07 Å². The molecular weight excluding hydrogens is 386 g/mol. The molecule has 7 nitrogen and oxygen atoms in total. The molecule has 29 heavy (non-hydrogen) atoms. The standard InChI is InChI=1S/C20H22F2N2O5/c1-5-28-20(27)14-9-11(2)24(12(14)3)10-17(25)29-13(4)19(26)23-18-15(21)7-6-8-16(18)22/h6-9,13H,5,10H2,1-4H3,(H,23,26). The summed E-state index contributed by atoms with van der Waals surface area (Å²) in [7, 11) is 0. The Hall–Kier alpha value is -3.23. The van der Waals surface area contributed by atoms with Crippen LogP contribution in [-0.4, -0.2) is 35.1 Å². The number of aryl methyl sites for hydroxylation is 1. The number of nitrogens with zero attached hydrogens (tertiary/aromatic N) is 1. The number of hydrogen-bond donors (Lipinski definition) is 1. The highest BCUT2D eigenvalue weighted by Gasteiger charge is 2.23. The minimum Gasteiger partial charge on any atom is -0.462 e. The maximum absolute atomic E-state index is 13.6. The number of carbonyl (C=O) groups excluding carboxylic acids is 3. The van der Waals surface area contributed by atoms with Crippen molar-refractivity contribution >= 4 is 23.5 Å². The van der Waals surface area contributed by atoms with Crippen molar-refractivity contribution < 1.29 is 32.6 Å². The average Bonchev–Trinajstić information content (AvgIpc) is 2.93. The van der Waals surface area contributed by atoms with Crippen LogP contribution < -0.4 is 5.32 Å². The summed E-state index contributed by atoms with van der Waals surface area (Å²) in [6.07, 6.45) is -1.29. The van der Waals surface area contributed by atoms with E-state index in [4.69, 9.17) is 9.47 Å². The number of hydrogen-bond acceptors (Lipinski definition) is 5. The zero-order valence-corrected chi connectivity index (χ0v) is 16.5. The van der Waals surface area contributed by atoms with E-state index in [-0.39, 0.29) is 13.2 Å². The minimum atomic E-state index is -1.29. The lowest BCUT2D eigenvalue weighted by Crippen LogP contribution is -2.32. The summed E-state index contributed by atoms with van der Waals surface area (Å²) < 4.78 is 38.8. The molecule has 1 atom stereocenters. The Morgan fingerprint density at radius 2 is 1.79 bits per heavy atom. The second-order valence-corrected chi connectivity index (χ2v) is 6.31. The number of ether oxygens (including phenoxy) is 2. The van der Waals surface area contributed by atoms with E-state index in [9.17, 15) is 23.2 Å². The number of anilines is 1. The van der Waals surface area contributed by atoms with Gasteiger partial charge in [-0.15, -0.1) is 0 Å². The first-order valence-corrected chi connectivity index (χ1v) is 8.93. The van der Waals surface area contributed by atoms with E-state index >= 15 is 0 Å². The Balaban J connectivity index is 2.03. The van der Waals surface area contributed by atoms with Gasteiger partial charge in [-0.25, -0.2) is 13.6 Å². The topological polar surface area (TPSA) is 86.6 Å². The summed E-state index contributed by atoms with van der Waals surface area (Å²) in [5.41, 5.74) is 0.867. The van der Waals surface area contributed by atoms with Gasteiger partial charge in [-0.05, 0) is 45.9 Å². The van der Waals surface area contributed by atoms with Crippen LogP contribution in [0.5, 0.6) is 0 Å². The fourth-order valence-electron chi connectivity index (χ4n) is 2.72. The second kappa shape index (κ2) is 9.31. The Morgan fingerprint density at radius 1 is 1.17 bits per heavy atom. The molecule has 0 aliphatic heterocycles. The number of aromatic nitrogens is 1. The van der Waals surface area contributed by atoms with Crippen molar-refractivity contribution in [1.29, 1.82) is 0 Å². The number of benzene rings is 1.